The van der Waals surface area contributed by atoms with Crippen LogP contribution in [0.15, 0.2) is 24.3 Å². The van der Waals surface area contributed by atoms with E-state index in [4.69, 9.17) is 5.73 Å². The third kappa shape index (κ3) is 3.74. The summed E-state index contributed by atoms with van der Waals surface area (Å²) in [5.41, 5.74) is 7.15. The molecule has 1 saturated heterocycles. The van der Waals surface area contributed by atoms with Crippen molar-refractivity contribution < 1.29 is 8.78 Å². The van der Waals surface area contributed by atoms with E-state index in [9.17, 15) is 8.78 Å². The zero-order chi connectivity index (χ0) is 13.8. The molecular weight excluding hydrogens is 246 g/mol. The van der Waals surface area contributed by atoms with E-state index in [1.807, 2.05) is 6.07 Å². The maximum atomic E-state index is 12.7. The quantitative estimate of drug-likeness (QED) is 0.908. The van der Waals surface area contributed by atoms with Gasteiger partial charge in [-0.25, -0.2) is 8.78 Å². The summed E-state index contributed by atoms with van der Waals surface area (Å²) in [6, 6.07) is 7.01. The molecule has 2 nitrogen and oxygen atoms in total. The summed E-state index contributed by atoms with van der Waals surface area (Å²) in [6.45, 7) is 4.82. The van der Waals surface area contributed by atoms with Gasteiger partial charge in [0.2, 0.25) is 0 Å². The van der Waals surface area contributed by atoms with Crippen LogP contribution in [0.25, 0.3) is 0 Å². The summed E-state index contributed by atoms with van der Waals surface area (Å²) < 4.78 is 25.3. The van der Waals surface area contributed by atoms with E-state index in [-0.39, 0.29) is 11.6 Å². The molecule has 1 aliphatic heterocycles. The number of alkyl halides is 2. The van der Waals surface area contributed by atoms with Gasteiger partial charge in [-0.05, 0) is 30.5 Å². The molecule has 0 radical (unpaired) electrons. The molecule has 2 N–H and O–H groups in total. The monoisotopic (exact) mass is 268 g/mol. The minimum absolute atomic E-state index is 0.109. The van der Waals surface area contributed by atoms with Gasteiger partial charge >= 0.3 is 0 Å². The summed E-state index contributed by atoms with van der Waals surface area (Å²) in [5.74, 6) is 0.520. The lowest BCUT2D eigenvalue weighted by atomic mass is 9.90. The van der Waals surface area contributed by atoms with E-state index >= 15 is 0 Å². The van der Waals surface area contributed by atoms with Gasteiger partial charge in [-0.2, -0.15) is 0 Å². The second-order valence-electron chi connectivity index (χ2n) is 5.40. The van der Waals surface area contributed by atoms with Crippen molar-refractivity contribution in [1.29, 1.82) is 0 Å². The molecule has 19 heavy (non-hydrogen) atoms. The smallest absolute Gasteiger partial charge is 0.263 e. The molecule has 0 saturated carbocycles. The average Bonchev–Trinajstić information content (AvgIpc) is 2.41. The predicted octanol–water partition coefficient (Wildman–Crippen LogP) is 3.18. The zero-order valence-corrected chi connectivity index (χ0v) is 11.4. The van der Waals surface area contributed by atoms with Crippen LogP contribution in [0.2, 0.25) is 0 Å². The number of rotatable bonds is 4. The van der Waals surface area contributed by atoms with E-state index in [2.05, 4.69) is 11.8 Å². The Hall–Kier alpha value is -1.00. The number of benzene rings is 1. The standard InChI is InChI=1S/C15H22F2N2/c1-2-12-10-19(7-6-14(12)18)9-11-4-3-5-13(8-11)15(16)17/h3-5,8,12,14-15H,2,6-7,9-10,18H2,1H3. The Morgan fingerprint density at radius 1 is 1.42 bits per heavy atom. The SMILES string of the molecule is CCC1CN(Cc2cccc(C(F)F)c2)CCC1N. The Bertz CT molecular complexity index is 409. The average molecular weight is 268 g/mol. The first-order chi connectivity index (χ1) is 9.10. The minimum atomic E-state index is -2.39. The van der Waals surface area contributed by atoms with Crippen LogP contribution in [0.5, 0.6) is 0 Å². The van der Waals surface area contributed by atoms with Gasteiger partial charge in [0.1, 0.15) is 0 Å². The van der Waals surface area contributed by atoms with E-state index in [0.717, 1.165) is 38.0 Å². The van der Waals surface area contributed by atoms with Gasteiger partial charge in [0, 0.05) is 24.7 Å². The lowest BCUT2D eigenvalue weighted by Gasteiger charge is -2.36. The highest BCUT2D eigenvalue weighted by atomic mass is 19.3. The third-order valence-electron chi connectivity index (χ3n) is 4.01. The largest absolute Gasteiger partial charge is 0.327 e. The Labute approximate surface area is 113 Å². The molecule has 2 rings (SSSR count). The zero-order valence-electron chi connectivity index (χ0n) is 11.4. The maximum absolute atomic E-state index is 12.7. The number of hydrogen-bond donors (Lipinski definition) is 1. The molecule has 0 aromatic heterocycles. The van der Waals surface area contributed by atoms with Gasteiger partial charge in [0.25, 0.3) is 6.43 Å². The highest BCUT2D eigenvalue weighted by Gasteiger charge is 2.25. The van der Waals surface area contributed by atoms with E-state index < -0.39 is 6.43 Å². The van der Waals surface area contributed by atoms with Gasteiger partial charge in [0.15, 0.2) is 0 Å². The van der Waals surface area contributed by atoms with Gasteiger partial charge < -0.3 is 5.73 Å². The topological polar surface area (TPSA) is 29.3 Å². The molecule has 1 aromatic carbocycles. The van der Waals surface area contributed by atoms with Crippen LogP contribution in [0.1, 0.15) is 37.3 Å². The Kier molecular flexibility index (Phi) is 4.88. The molecule has 0 aliphatic carbocycles. The molecule has 2 unspecified atom stereocenters. The van der Waals surface area contributed by atoms with Crippen LogP contribution < -0.4 is 5.73 Å². The molecule has 0 bridgehead atoms. The lowest BCUT2D eigenvalue weighted by Crippen LogP contribution is -2.46. The second kappa shape index (κ2) is 6.44. The molecule has 1 fully saturated rings. The fourth-order valence-electron chi connectivity index (χ4n) is 2.79. The van der Waals surface area contributed by atoms with Crippen LogP contribution in [-0.4, -0.2) is 24.0 Å². The van der Waals surface area contributed by atoms with Gasteiger partial charge in [-0.3, -0.25) is 4.90 Å². The van der Waals surface area contributed by atoms with E-state index in [1.165, 1.54) is 6.07 Å². The van der Waals surface area contributed by atoms with Crippen LogP contribution in [0.4, 0.5) is 8.78 Å². The van der Waals surface area contributed by atoms with Crippen molar-refractivity contribution in [2.75, 3.05) is 13.1 Å². The van der Waals surface area contributed by atoms with Gasteiger partial charge in [0.05, 0.1) is 0 Å². The summed E-state index contributed by atoms with van der Waals surface area (Å²) in [6.07, 6.45) is -0.319. The lowest BCUT2D eigenvalue weighted by molar-refractivity contribution is 0.143. The molecule has 1 heterocycles. The highest BCUT2D eigenvalue weighted by molar-refractivity contribution is 5.24. The Morgan fingerprint density at radius 3 is 2.89 bits per heavy atom. The summed E-state index contributed by atoms with van der Waals surface area (Å²) in [7, 11) is 0. The maximum Gasteiger partial charge on any atom is 0.263 e. The molecule has 4 heteroatoms. The van der Waals surface area contributed by atoms with Crippen molar-refractivity contribution in [3.63, 3.8) is 0 Å². The third-order valence-corrected chi connectivity index (χ3v) is 4.01. The molecule has 106 valence electrons. The first kappa shape index (κ1) is 14.4. The molecule has 0 amide bonds. The van der Waals surface area contributed by atoms with Crippen LogP contribution >= 0.6 is 0 Å². The van der Waals surface area contributed by atoms with Crippen molar-refractivity contribution in [3.8, 4) is 0 Å². The number of nitrogens with zero attached hydrogens (tertiary/aromatic N) is 1. The van der Waals surface area contributed by atoms with Crippen molar-refractivity contribution in [3.05, 3.63) is 35.4 Å². The summed E-state index contributed by atoms with van der Waals surface area (Å²) in [4.78, 5) is 2.32. The number of nitrogens with two attached hydrogens (primary N) is 1. The molecule has 0 spiro atoms. The number of hydrogen-bond acceptors (Lipinski definition) is 2. The van der Waals surface area contributed by atoms with E-state index in [1.54, 1.807) is 12.1 Å². The summed E-state index contributed by atoms with van der Waals surface area (Å²) in [5, 5.41) is 0. The normalized spacial score (nSPS) is 24.9. The van der Waals surface area contributed by atoms with Crippen molar-refractivity contribution in [2.24, 2.45) is 11.7 Å². The minimum Gasteiger partial charge on any atom is -0.327 e. The fourth-order valence-corrected chi connectivity index (χ4v) is 2.79. The first-order valence-corrected chi connectivity index (χ1v) is 6.95. The molecule has 1 aromatic rings. The summed E-state index contributed by atoms with van der Waals surface area (Å²) >= 11 is 0. The molecule has 2 atom stereocenters. The first-order valence-electron chi connectivity index (χ1n) is 6.95. The number of piperidine rings is 1. The van der Waals surface area contributed by atoms with E-state index in [0.29, 0.717) is 5.92 Å². The molecule has 1 aliphatic rings. The van der Waals surface area contributed by atoms with Crippen LogP contribution in [0.3, 0.4) is 0 Å². The van der Waals surface area contributed by atoms with Gasteiger partial charge in [-0.1, -0.05) is 31.5 Å². The highest BCUT2D eigenvalue weighted by Crippen LogP contribution is 2.23. The Morgan fingerprint density at radius 2 is 2.21 bits per heavy atom. The van der Waals surface area contributed by atoms with Crippen molar-refractivity contribution in [2.45, 2.75) is 38.8 Å². The Balaban J connectivity index is 1.99. The fraction of sp³-hybridized carbons (Fsp3) is 0.600. The second-order valence-corrected chi connectivity index (χ2v) is 5.40. The van der Waals surface area contributed by atoms with Crippen LogP contribution in [-0.2, 0) is 6.54 Å². The van der Waals surface area contributed by atoms with Crippen LogP contribution in [0, 0.1) is 5.92 Å². The number of likely N-dealkylation sites (tertiary alicyclic amines) is 1. The van der Waals surface area contributed by atoms with Crippen molar-refractivity contribution in [1.82, 2.24) is 4.90 Å². The van der Waals surface area contributed by atoms with Crippen molar-refractivity contribution >= 4 is 0 Å². The molecular formula is C15H22F2N2. The van der Waals surface area contributed by atoms with Gasteiger partial charge in [-0.15, -0.1) is 0 Å². The predicted molar refractivity (Wildman–Crippen MR) is 73.0 cm³/mol. The number of halogens is 2.